The standard InChI is InChI=1S/C28H27ClN4OS2/c1-19-5-10-23(35-26-18-31-28(36-26)32-25-4-2-3-13-30-25)17-24(19)27(34)33-14-11-21(12-15-33)16-20-6-8-22(29)9-7-20/h2-10,13,17-18,21H,11-12,14-16H2,1H3,(H,30,31,32). The van der Waals surface area contributed by atoms with Crippen LogP contribution in [0.2, 0.25) is 5.02 Å². The number of aromatic nitrogens is 2. The highest BCUT2D eigenvalue weighted by atomic mass is 35.5. The number of pyridine rings is 1. The lowest BCUT2D eigenvalue weighted by Crippen LogP contribution is -2.39. The molecule has 4 aromatic rings. The number of nitrogens with zero attached hydrogens (tertiary/aromatic N) is 3. The van der Waals surface area contributed by atoms with Crippen molar-refractivity contribution in [3.8, 4) is 0 Å². The molecular formula is C28H27ClN4OS2. The zero-order chi connectivity index (χ0) is 24.9. The van der Waals surface area contributed by atoms with Crippen LogP contribution in [-0.4, -0.2) is 33.9 Å². The van der Waals surface area contributed by atoms with Gasteiger partial charge in [-0.25, -0.2) is 9.97 Å². The topological polar surface area (TPSA) is 58.1 Å². The van der Waals surface area contributed by atoms with E-state index >= 15 is 0 Å². The van der Waals surface area contributed by atoms with E-state index in [4.69, 9.17) is 11.6 Å². The van der Waals surface area contributed by atoms with Crippen LogP contribution < -0.4 is 5.32 Å². The third-order valence-electron chi connectivity index (χ3n) is 6.38. The Morgan fingerprint density at radius 2 is 1.92 bits per heavy atom. The van der Waals surface area contributed by atoms with Crippen molar-refractivity contribution in [2.75, 3.05) is 18.4 Å². The molecule has 0 atom stereocenters. The van der Waals surface area contributed by atoms with Crippen LogP contribution in [0.4, 0.5) is 10.9 Å². The summed E-state index contributed by atoms with van der Waals surface area (Å²) in [5.41, 5.74) is 3.10. The molecule has 0 spiro atoms. The Morgan fingerprint density at radius 1 is 1.11 bits per heavy atom. The first kappa shape index (κ1) is 24.8. The van der Waals surface area contributed by atoms with Gasteiger partial charge in [0.25, 0.3) is 5.91 Å². The van der Waals surface area contributed by atoms with Gasteiger partial charge in [-0.1, -0.05) is 59.0 Å². The van der Waals surface area contributed by atoms with E-state index in [9.17, 15) is 4.79 Å². The maximum absolute atomic E-state index is 13.4. The number of nitrogens with one attached hydrogen (secondary N) is 1. The second-order valence-corrected chi connectivity index (χ2v) is 11.8. The first-order chi connectivity index (χ1) is 17.5. The van der Waals surface area contributed by atoms with Crippen molar-refractivity contribution in [1.29, 1.82) is 0 Å². The molecular weight excluding hydrogens is 508 g/mol. The van der Waals surface area contributed by atoms with Gasteiger partial charge in [0.15, 0.2) is 5.13 Å². The molecule has 8 heteroatoms. The molecule has 1 fully saturated rings. The lowest BCUT2D eigenvalue weighted by Gasteiger charge is -2.32. The minimum Gasteiger partial charge on any atom is -0.339 e. The van der Waals surface area contributed by atoms with E-state index < -0.39 is 0 Å². The number of thiazole rings is 1. The minimum absolute atomic E-state index is 0.127. The molecule has 2 aromatic heterocycles. The molecule has 5 rings (SSSR count). The first-order valence-electron chi connectivity index (χ1n) is 12.0. The quantitative estimate of drug-likeness (QED) is 0.266. The average Bonchev–Trinajstić information content (AvgIpc) is 3.33. The molecule has 5 nitrogen and oxygen atoms in total. The Kier molecular flexibility index (Phi) is 7.90. The number of amides is 1. The number of rotatable bonds is 7. The fraction of sp³-hybridized carbons (Fsp3) is 0.250. The van der Waals surface area contributed by atoms with Gasteiger partial charge in [0, 0.05) is 34.8 Å². The summed E-state index contributed by atoms with van der Waals surface area (Å²) >= 11 is 9.21. The Morgan fingerprint density at radius 3 is 2.67 bits per heavy atom. The maximum atomic E-state index is 13.4. The highest BCUT2D eigenvalue weighted by Crippen LogP contribution is 2.36. The predicted molar refractivity (Wildman–Crippen MR) is 149 cm³/mol. The zero-order valence-corrected chi connectivity index (χ0v) is 22.4. The van der Waals surface area contributed by atoms with Crippen molar-refractivity contribution < 1.29 is 4.79 Å². The highest BCUT2D eigenvalue weighted by molar-refractivity contribution is 8.01. The Hall–Kier alpha value is -2.87. The largest absolute Gasteiger partial charge is 0.339 e. The number of carbonyl (C=O) groups is 1. The molecule has 0 saturated carbocycles. The molecule has 3 heterocycles. The Labute approximate surface area is 224 Å². The number of piperidine rings is 1. The van der Waals surface area contributed by atoms with Crippen LogP contribution in [0.15, 0.2) is 82.2 Å². The third kappa shape index (κ3) is 6.27. The molecule has 1 aliphatic rings. The van der Waals surface area contributed by atoms with Crippen molar-refractivity contribution in [3.63, 3.8) is 0 Å². The summed E-state index contributed by atoms with van der Waals surface area (Å²) in [7, 11) is 0. The molecule has 1 aliphatic heterocycles. The smallest absolute Gasteiger partial charge is 0.254 e. The van der Waals surface area contributed by atoms with Crippen molar-refractivity contribution in [2.45, 2.75) is 35.3 Å². The van der Waals surface area contributed by atoms with Crippen molar-refractivity contribution in [3.05, 3.63) is 94.8 Å². The molecule has 0 bridgehead atoms. The summed E-state index contributed by atoms with van der Waals surface area (Å²) in [5.74, 6) is 1.49. The van der Waals surface area contributed by atoms with Crippen LogP contribution in [0, 0.1) is 12.8 Å². The number of halogens is 1. The summed E-state index contributed by atoms with van der Waals surface area (Å²) in [5, 5.41) is 4.79. The van der Waals surface area contributed by atoms with Crippen molar-refractivity contribution >= 4 is 51.6 Å². The highest BCUT2D eigenvalue weighted by Gasteiger charge is 2.25. The number of anilines is 2. The molecule has 0 unspecified atom stereocenters. The van der Waals surface area contributed by atoms with E-state index in [-0.39, 0.29) is 5.91 Å². The minimum atomic E-state index is 0.127. The third-order valence-corrected chi connectivity index (χ3v) is 8.64. The van der Waals surface area contributed by atoms with Gasteiger partial charge in [-0.3, -0.25) is 4.79 Å². The number of aryl methyl sites for hydroxylation is 1. The summed E-state index contributed by atoms with van der Waals surface area (Å²) in [6, 6.07) is 20.0. The van der Waals surface area contributed by atoms with Crippen molar-refractivity contribution in [2.24, 2.45) is 5.92 Å². The second kappa shape index (κ2) is 11.5. The fourth-order valence-corrected chi connectivity index (χ4v) is 6.41. The summed E-state index contributed by atoms with van der Waals surface area (Å²) in [4.78, 5) is 25.2. The van der Waals surface area contributed by atoms with E-state index in [1.807, 2.05) is 60.5 Å². The predicted octanol–water partition coefficient (Wildman–Crippen LogP) is 7.49. The second-order valence-electron chi connectivity index (χ2n) is 8.97. The fourth-order valence-electron chi connectivity index (χ4n) is 4.39. The van der Waals surface area contributed by atoms with E-state index in [2.05, 4.69) is 33.5 Å². The van der Waals surface area contributed by atoms with Crippen LogP contribution in [0.25, 0.3) is 0 Å². The Balaban J connectivity index is 1.19. The monoisotopic (exact) mass is 534 g/mol. The van der Waals surface area contributed by atoms with Gasteiger partial charge < -0.3 is 10.2 Å². The summed E-state index contributed by atoms with van der Waals surface area (Å²) < 4.78 is 1.05. The summed E-state index contributed by atoms with van der Waals surface area (Å²) in [6.45, 7) is 3.60. The molecule has 1 N–H and O–H groups in total. The normalized spacial score (nSPS) is 14.1. The van der Waals surface area contributed by atoms with E-state index in [0.717, 1.165) is 68.6 Å². The Bertz CT molecular complexity index is 1320. The SMILES string of the molecule is Cc1ccc(Sc2cnc(Nc3ccccn3)s2)cc1C(=O)N1CCC(Cc2ccc(Cl)cc2)CC1. The lowest BCUT2D eigenvalue weighted by atomic mass is 9.90. The van der Waals surface area contributed by atoms with Gasteiger partial charge in [-0.2, -0.15) is 0 Å². The van der Waals surface area contributed by atoms with Gasteiger partial charge in [0.1, 0.15) is 5.82 Å². The van der Waals surface area contributed by atoms with Crippen molar-refractivity contribution in [1.82, 2.24) is 14.9 Å². The molecule has 1 saturated heterocycles. The van der Waals surface area contributed by atoms with E-state index in [1.54, 1.807) is 29.3 Å². The van der Waals surface area contributed by atoms with Crippen LogP contribution in [0.5, 0.6) is 0 Å². The first-order valence-corrected chi connectivity index (χ1v) is 14.0. The van der Waals surface area contributed by atoms with Gasteiger partial charge in [-0.05, 0) is 79.6 Å². The molecule has 0 radical (unpaired) electrons. The molecule has 184 valence electrons. The average molecular weight is 535 g/mol. The number of carbonyl (C=O) groups excluding carboxylic acids is 1. The van der Waals surface area contributed by atoms with Gasteiger partial charge in [-0.15, -0.1) is 0 Å². The van der Waals surface area contributed by atoms with Gasteiger partial charge in [0.05, 0.1) is 10.4 Å². The van der Waals surface area contributed by atoms with Gasteiger partial charge in [0.2, 0.25) is 0 Å². The summed E-state index contributed by atoms with van der Waals surface area (Å²) in [6.07, 6.45) is 6.69. The maximum Gasteiger partial charge on any atom is 0.254 e. The number of benzene rings is 2. The van der Waals surface area contributed by atoms with Crippen LogP contribution in [0.3, 0.4) is 0 Å². The van der Waals surface area contributed by atoms with Gasteiger partial charge >= 0.3 is 0 Å². The van der Waals surface area contributed by atoms with Crippen LogP contribution >= 0.6 is 34.7 Å². The number of hydrogen-bond acceptors (Lipinski definition) is 6. The van der Waals surface area contributed by atoms with E-state index in [1.165, 1.54) is 5.56 Å². The number of hydrogen-bond donors (Lipinski definition) is 1. The number of likely N-dealkylation sites (tertiary alicyclic amines) is 1. The van der Waals surface area contributed by atoms with Crippen LogP contribution in [-0.2, 0) is 6.42 Å². The molecule has 36 heavy (non-hydrogen) atoms. The van der Waals surface area contributed by atoms with Crippen LogP contribution in [0.1, 0.15) is 34.3 Å². The van der Waals surface area contributed by atoms with E-state index in [0.29, 0.717) is 5.92 Å². The molecule has 0 aliphatic carbocycles. The molecule has 1 amide bonds. The zero-order valence-electron chi connectivity index (χ0n) is 20.0. The lowest BCUT2D eigenvalue weighted by molar-refractivity contribution is 0.0689. The molecule has 2 aromatic carbocycles.